The molecular formula is C26H32N2O3. The number of ketones is 1. The van der Waals surface area contributed by atoms with E-state index in [1.807, 2.05) is 49.5 Å². The summed E-state index contributed by atoms with van der Waals surface area (Å²) in [4.78, 5) is 17.5. The fourth-order valence-electron chi connectivity index (χ4n) is 3.75. The predicted octanol–water partition coefficient (Wildman–Crippen LogP) is 4.09. The van der Waals surface area contributed by atoms with E-state index in [0.29, 0.717) is 19.7 Å². The number of Topliss-reactive ketones (excluding diaryl/α,β-unsaturated/α-hetero) is 1. The average molecular weight is 421 g/mol. The summed E-state index contributed by atoms with van der Waals surface area (Å²) >= 11 is 0. The van der Waals surface area contributed by atoms with Crippen molar-refractivity contribution in [3.8, 4) is 11.5 Å². The molecule has 5 heteroatoms. The Balaban J connectivity index is 1.75. The highest BCUT2D eigenvalue weighted by molar-refractivity contribution is 6.14. The normalized spacial score (nSPS) is 17.6. The van der Waals surface area contributed by atoms with Crippen LogP contribution < -0.4 is 4.74 Å². The summed E-state index contributed by atoms with van der Waals surface area (Å²) in [5.74, 6) is 1.06. The topological polar surface area (TPSA) is 53.0 Å². The lowest BCUT2D eigenvalue weighted by Crippen LogP contribution is -2.34. The summed E-state index contributed by atoms with van der Waals surface area (Å²) < 4.78 is 5.93. The van der Waals surface area contributed by atoms with Crippen molar-refractivity contribution >= 4 is 17.9 Å². The minimum atomic E-state index is 0.0503. The number of hydrogen-bond donors (Lipinski definition) is 1. The third-order valence-corrected chi connectivity index (χ3v) is 5.44. The molecule has 164 valence electrons. The third kappa shape index (κ3) is 6.54. The second kappa shape index (κ2) is 10.9. The lowest BCUT2D eigenvalue weighted by Gasteiger charge is -2.26. The zero-order chi connectivity index (χ0) is 22.2. The van der Waals surface area contributed by atoms with Gasteiger partial charge in [-0.1, -0.05) is 38.1 Å². The fraction of sp³-hybridized carbons (Fsp3) is 0.346. The van der Waals surface area contributed by atoms with Crippen LogP contribution in [0.2, 0.25) is 0 Å². The zero-order valence-electron chi connectivity index (χ0n) is 18.7. The van der Waals surface area contributed by atoms with E-state index < -0.39 is 0 Å². The second-order valence-electron chi connectivity index (χ2n) is 7.88. The standard InChI is InChI=1S/C26H32N2O3/c1-4-28(5-2)12-13-31-25-11-7-9-21(17-25)15-23-19-27(3)18-22(26(23)30)14-20-8-6-10-24(29)16-20/h6-11,14-17,29H,4-5,12-13,18-19H2,1-3H3/b22-14+,23-15+. The number of benzene rings is 2. The zero-order valence-corrected chi connectivity index (χ0v) is 18.7. The Morgan fingerprint density at radius 2 is 1.61 bits per heavy atom. The molecule has 0 unspecified atom stereocenters. The fourth-order valence-corrected chi connectivity index (χ4v) is 3.75. The molecule has 1 aliphatic heterocycles. The molecule has 1 N–H and O–H groups in total. The molecule has 31 heavy (non-hydrogen) atoms. The largest absolute Gasteiger partial charge is 0.508 e. The number of hydrogen-bond acceptors (Lipinski definition) is 5. The van der Waals surface area contributed by atoms with Gasteiger partial charge in [0, 0.05) is 30.8 Å². The van der Waals surface area contributed by atoms with Crippen LogP contribution in [0.1, 0.15) is 25.0 Å². The first kappa shape index (κ1) is 22.8. The van der Waals surface area contributed by atoms with E-state index in [1.165, 1.54) is 0 Å². The van der Waals surface area contributed by atoms with E-state index in [2.05, 4.69) is 23.6 Å². The molecule has 0 spiro atoms. The summed E-state index contributed by atoms with van der Waals surface area (Å²) in [5.41, 5.74) is 3.25. The van der Waals surface area contributed by atoms with Gasteiger partial charge in [-0.05, 0) is 67.7 Å². The van der Waals surface area contributed by atoms with Crippen molar-refractivity contribution in [1.82, 2.24) is 9.80 Å². The predicted molar refractivity (Wildman–Crippen MR) is 126 cm³/mol. The molecule has 0 atom stereocenters. The number of ether oxygens (including phenoxy) is 1. The lowest BCUT2D eigenvalue weighted by molar-refractivity contribution is -0.113. The van der Waals surface area contributed by atoms with Gasteiger partial charge in [0.25, 0.3) is 0 Å². The van der Waals surface area contributed by atoms with Gasteiger partial charge in [-0.3, -0.25) is 9.69 Å². The van der Waals surface area contributed by atoms with Gasteiger partial charge in [0.2, 0.25) is 0 Å². The van der Waals surface area contributed by atoms with E-state index in [9.17, 15) is 9.90 Å². The van der Waals surface area contributed by atoms with E-state index >= 15 is 0 Å². The minimum Gasteiger partial charge on any atom is -0.508 e. The molecule has 1 saturated heterocycles. The van der Waals surface area contributed by atoms with Crippen LogP contribution in [-0.4, -0.2) is 67.1 Å². The van der Waals surface area contributed by atoms with Gasteiger partial charge >= 0.3 is 0 Å². The Morgan fingerprint density at radius 1 is 1.00 bits per heavy atom. The maximum absolute atomic E-state index is 13.1. The lowest BCUT2D eigenvalue weighted by atomic mass is 9.94. The van der Waals surface area contributed by atoms with E-state index in [4.69, 9.17) is 4.74 Å². The van der Waals surface area contributed by atoms with Crippen molar-refractivity contribution in [2.45, 2.75) is 13.8 Å². The molecule has 2 aromatic carbocycles. The Labute approximate surface area is 185 Å². The number of phenols is 1. The highest BCUT2D eigenvalue weighted by Gasteiger charge is 2.24. The second-order valence-corrected chi connectivity index (χ2v) is 7.88. The van der Waals surface area contributed by atoms with E-state index in [1.54, 1.807) is 18.2 Å². The molecule has 0 bridgehead atoms. The Bertz CT molecular complexity index is 961. The van der Waals surface area contributed by atoms with Gasteiger partial charge < -0.3 is 14.7 Å². The minimum absolute atomic E-state index is 0.0503. The number of rotatable bonds is 8. The molecule has 1 heterocycles. The van der Waals surface area contributed by atoms with Crippen molar-refractivity contribution in [3.05, 3.63) is 70.8 Å². The number of likely N-dealkylation sites (N-methyl/N-ethyl adjacent to an activating group) is 2. The number of nitrogens with zero attached hydrogens (tertiary/aromatic N) is 2. The first-order chi connectivity index (χ1) is 15.0. The number of aromatic hydroxyl groups is 1. The number of likely N-dealkylation sites (tertiary alicyclic amines) is 1. The van der Waals surface area contributed by atoms with Crippen LogP contribution in [0, 0.1) is 0 Å². The molecule has 0 amide bonds. The van der Waals surface area contributed by atoms with Crippen molar-refractivity contribution < 1.29 is 14.6 Å². The molecule has 3 rings (SSSR count). The number of carbonyl (C=O) groups excluding carboxylic acids is 1. The number of phenolic OH excluding ortho intramolecular Hbond substituents is 1. The van der Waals surface area contributed by atoms with Crippen molar-refractivity contribution in [3.63, 3.8) is 0 Å². The van der Waals surface area contributed by atoms with Gasteiger partial charge in [0.15, 0.2) is 5.78 Å². The molecule has 0 saturated carbocycles. The average Bonchev–Trinajstić information content (AvgIpc) is 2.75. The molecular weight excluding hydrogens is 388 g/mol. The highest BCUT2D eigenvalue weighted by atomic mass is 16.5. The number of piperidine rings is 1. The van der Waals surface area contributed by atoms with Gasteiger partial charge in [0.05, 0.1) is 0 Å². The monoisotopic (exact) mass is 420 g/mol. The summed E-state index contributed by atoms with van der Waals surface area (Å²) in [5, 5.41) is 9.70. The van der Waals surface area contributed by atoms with E-state index in [-0.39, 0.29) is 11.5 Å². The quantitative estimate of drug-likeness (QED) is 0.652. The maximum atomic E-state index is 13.1. The van der Waals surface area contributed by atoms with E-state index in [0.717, 1.165) is 47.7 Å². The highest BCUT2D eigenvalue weighted by Crippen LogP contribution is 2.23. The SMILES string of the molecule is CCN(CC)CCOc1cccc(/C=C2\CN(C)C/C(=C\c3cccc(O)c3)C2=O)c1. The van der Waals surface area contributed by atoms with Gasteiger partial charge in [-0.15, -0.1) is 0 Å². The van der Waals surface area contributed by atoms with Crippen LogP contribution in [0.5, 0.6) is 11.5 Å². The van der Waals surface area contributed by atoms with Crippen LogP contribution in [0.25, 0.3) is 12.2 Å². The van der Waals surface area contributed by atoms with Crippen molar-refractivity contribution in [2.24, 2.45) is 0 Å². The first-order valence-electron chi connectivity index (χ1n) is 10.9. The summed E-state index contributed by atoms with van der Waals surface area (Å²) in [6, 6.07) is 14.8. The summed E-state index contributed by atoms with van der Waals surface area (Å²) in [7, 11) is 2.00. The van der Waals surface area contributed by atoms with Gasteiger partial charge in [-0.25, -0.2) is 0 Å². The van der Waals surface area contributed by atoms with Gasteiger partial charge in [-0.2, -0.15) is 0 Å². The Morgan fingerprint density at radius 3 is 2.23 bits per heavy atom. The number of carbonyl (C=O) groups is 1. The molecule has 1 fully saturated rings. The molecule has 1 aliphatic rings. The van der Waals surface area contributed by atoms with Gasteiger partial charge in [0.1, 0.15) is 18.1 Å². The third-order valence-electron chi connectivity index (χ3n) is 5.44. The van der Waals surface area contributed by atoms with Crippen molar-refractivity contribution in [1.29, 1.82) is 0 Å². The first-order valence-corrected chi connectivity index (χ1v) is 10.9. The van der Waals surface area contributed by atoms with Crippen LogP contribution in [-0.2, 0) is 4.79 Å². The van der Waals surface area contributed by atoms with Crippen LogP contribution in [0.15, 0.2) is 59.7 Å². The molecule has 5 nitrogen and oxygen atoms in total. The van der Waals surface area contributed by atoms with Crippen LogP contribution in [0.4, 0.5) is 0 Å². The maximum Gasteiger partial charge on any atom is 0.187 e. The smallest absolute Gasteiger partial charge is 0.187 e. The van der Waals surface area contributed by atoms with Crippen LogP contribution >= 0.6 is 0 Å². The molecule has 0 aliphatic carbocycles. The summed E-state index contributed by atoms with van der Waals surface area (Å²) in [6.45, 7) is 9.05. The molecule has 0 radical (unpaired) electrons. The van der Waals surface area contributed by atoms with Crippen LogP contribution in [0.3, 0.4) is 0 Å². The summed E-state index contributed by atoms with van der Waals surface area (Å²) in [6.07, 6.45) is 3.81. The molecule has 0 aromatic heterocycles. The molecule has 2 aromatic rings. The van der Waals surface area contributed by atoms with Crippen molar-refractivity contribution in [2.75, 3.05) is 46.4 Å². The Kier molecular flexibility index (Phi) is 8.04. The Hall–Kier alpha value is -2.89.